The smallest absolute Gasteiger partial charge is 0.323 e. The Hall–Kier alpha value is -3.24. The molecule has 0 spiro atoms. The van der Waals surface area contributed by atoms with Crippen molar-refractivity contribution in [2.45, 2.75) is 56.2 Å². The second-order valence-corrected chi connectivity index (χ2v) is 10.6. The monoisotopic (exact) mass is 488 g/mol. The van der Waals surface area contributed by atoms with Crippen LogP contribution in [0.5, 0.6) is 0 Å². The molecule has 2 aromatic carbocycles. The van der Waals surface area contributed by atoms with Gasteiger partial charge in [0.25, 0.3) is 10.1 Å². The SMILES string of the molecule is Cc1ccc(S(=O)(=O)OCC2NC(=O)C2NC(=O)C(C(=O)OC(C)(C)C)c2ccccc2)cc1. The van der Waals surface area contributed by atoms with E-state index in [4.69, 9.17) is 8.92 Å². The van der Waals surface area contributed by atoms with Crippen LogP contribution < -0.4 is 10.6 Å². The van der Waals surface area contributed by atoms with Crippen LogP contribution in [0.2, 0.25) is 0 Å². The summed E-state index contributed by atoms with van der Waals surface area (Å²) < 4.78 is 35.4. The molecule has 0 radical (unpaired) electrons. The summed E-state index contributed by atoms with van der Waals surface area (Å²) in [5, 5.41) is 5.06. The molecular formula is C24H28N2O7S. The maximum Gasteiger partial charge on any atom is 0.323 e. The van der Waals surface area contributed by atoms with Gasteiger partial charge in [0.05, 0.1) is 17.5 Å². The van der Waals surface area contributed by atoms with E-state index >= 15 is 0 Å². The summed E-state index contributed by atoms with van der Waals surface area (Å²) in [4.78, 5) is 38.0. The molecule has 10 heteroatoms. The second-order valence-electron chi connectivity index (χ2n) is 9.03. The summed E-state index contributed by atoms with van der Waals surface area (Å²) in [6.45, 7) is 6.51. The van der Waals surface area contributed by atoms with E-state index in [1.165, 1.54) is 12.1 Å². The maximum atomic E-state index is 13.1. The molecule has 0 saturated carbocycles. The van der Waals surface area contributed by atoms with Gasteiger partial charge in [-0.3, -0.25) is 18.6 Å². The second kappa shape index (κ2) is 9.94. The van der Waals surface area contributed by atoms with Crippen molar-refractivity contribution in [3.8, 4) is 0 Å². The van der Waals surface area contributed by atoms with Crippen LogP contribution in [-0.4, -0.2) is 50.5 Å². The third kappa shape index (κ3) is 6.21. The lowest BCUT2D eigenvalue weighted by atomic mass is 9.94. The van der Waals surface area contributed by atoms with Crippen molar-refractivity contribution in [3.63, 3.8) is 0 Å². The Morgan fingerprint density at radius 1 is 1.06 bits per heavy atom. The van der Waals surface area contributed by atoms with Crippen molar-refractivity contribution in [1.29, 1.82) is 0 Å². The van der Waals surface area contributed by atoms with Crippen LogP contribution >= 0.6 is 0 Å². The number of hydrogen-bond donors (Lipinski definition) is 2. The summed E-state index contributed by atoms with van der Waals surface area (Å²) in [7, 11) is -4.05. The van der Waals surface area contributed by atoms with Crippen molar-refractivity contribution >= 4 is 27.9 Å². The number of ether oxygens (including phenoxy) is 1. The largest absolute Gasteiger partial charge is 0.459 e. The predicted molar refractivity (Wildman–Crippen MR) is 123 cm³/mol. The first-order chi connectivity index (χ1) is 15.9. The number of esters is 1. The minimum absolute atomic E-state index is 0.0154. The number of aryl methyl sites for hydroxylation is 1. The molecule has 1 fully saturated rings. The highest BCUT2D eigenvalue weighted by Crippen LogP contribution is 2.23. The van der Waals surface area contributed by atoms with Gasteiger partial charge >= 0.3 is 5.97 Å². The molecule has 9 nitrogen and oxygen atoms in total. The number of carbonyl (C=O) groups excluding carboxylic acids is 3. The van der Waals surface area contributed by atoms with Gasteiger partial charge in [-0.2, -0.15) is 8.42 Å². The summed E-state index contributed by atoms with van der Waals surface area (Å²) in [6.07, 6.45) is 0. The van der Waals surface area contributed by atoms with E-state index in [2.05, 4.69) is 10.6 Å². The highest BCUT2D eigenvalue weighted by molar-refractivity contribution is 7.86. The number of amides is 2. The zero-order chi connectivity index (χ0) is 25.1. The molecule has 1 aliphatic heterocycles. The Morgan fingerprint density at radius 2 is 1.68 bits per heavy atom. The minimum atomic E-state index is -4.05. The molecule has 0 aromatic heterocycles. The fourth-order valence-corrected chi connectivity index (χ4v) is 4.25. The van der Waals surface area contributed by atoms with Crippen molar-refractivity contribution in [2.75, 3.05) is 6.61 Å². The van der Waals surface area contributed by atoms with Crippen molar-refractivity contribution < 1.29 is 31.7 Å². The lowest BCUT2D eigenvalue weighted by molar-refractivity contribution is -0.159. The van der Waals surface area contributed by atoms with Gasteiger partial charge in [-0.15, -0.1) is 0 Å². The fraction of sp³-hybridized carbons (Fsp3) is 0.375. The van der Waals surface area contributed by atoms with E-state index in [1.54, 1.807) is 63.2 Å². The summed E-state index contributed by atoms with van der Waals surface area (Å²) in [5.41, 5.74) is 0.480. The molecule has 34 heavy (non-hydrogen) atoms. The molecule has 0 aliphatic carbocycles. The van der Waals surface area contributed by atoms with E-state index in [0.29, 0.717) is 5.56 Å². The highest BCUT2D eigenvalue weighted by atomic mass is 32.2. The normalized spacial score (nSPS) is 18.9. The Kier molecular flexibility index (Phi) is 7.42. The van der Waals surface area contributed by atoms with Crippen molar-refractivity contribution in [3.05, 3.63) is 65.7 Å². The van der Waals surface area contributed by atoms with Gasteiger partial charge < -0.3 is 15.4 Å². The first-order valence-corrected chi connectivity index (χ1v) is 12.1. The average Bonchev–Trinajstić information content (AvgIpc) is 2.75. The van der Waals surface area contributed by atoms with Gasteiger partial charge in [-0.1, -0.05) is 48.0 Å². The molecule has 1 aliphatic rings. The Morgan fingerprint density at radius 3 is 2.24 bits per heavy atom. The maximum absolute atomic E-state index is 13.1. The third-order valence-electron chi connectivity index (χ3n) is 5.06. The van der Waals surface area contributed by atoms with Crippen molar-refractivity contribution in [2.24, 2.45) is 0 Å². The van der Waals surface area contributed by atoms with Gasteiger partial charge in [-0.25, -0.2) is 0 Å². The lowest BCUT2D eigenvalue weighted by Gasteiger charge is -2.37. The van der Waals surface area contributed by atoms with Gasteiger partial charge in [0.15, 0.2) is 5.92 Å². The molecule has 1 heterocycles. The predicted octanol–water partition coefficient (Wildman–Crippen LogP) is 1.81. The first kappa shape index (κ1) is 25.4. The Balaban J connectivity index is 1.70. The Bertz CT molecular complexity index is 1160. The van der Waals surface area contributed by atoms with E-state index < -0.39 is 51.5 Å². The topological polar surface area (TPSA) is 128 Å². The summed E-state index contributed by atoms with van der Waals surface area (Å²) >= 11 is 0. The number of β-lactam (4-membered cyclic amide) rings is 1. The number of carbonyl (C=O) groups is 3. The summed E-state index contributed by atoms with van der Waals surface area (Å²) in [5.74, 6) is -3.30. The molecular weight excluding hydrogens is 460 g/mol. The van der Waals surface area contributed by atoms with Gasteiger partial charge in [0, 0.05) is 0 Å². The molecule has 3 unspecified atom stereocenters. The van der Waals surface area contributed by atoms with Gasteiger partial charge in [0.1, 0.15) is 11.6 Å². The summed E-state index contributed by atoms with van der Waals surface area (Å²) in [6, 6.07) is 12.6. The number of benzene rings is 2. The molecule has 2 N–H and O–H groups in total. The quantitative estimate of drug-likeness (QED) is 0.251. The standard InChI is InChI=1S/C24H28N2O7S/c1-15-10-12-17(13-11-15)34(30,31)32-14-18-20(22(28)25-18)26-21(27)19(16-8-6-5-7-9-16)23(29)33-24(2,3)4/h5-13,18-20H,14H2,1-4H3,(H,25,28)(H,26,27). The molecule has 2 aromatic rings. The molecule has 3 rings (SSSR count). The first-order valence-electron chi connectivity index (χ1n) is 10.7. The van der Waals surface area contributed by atoms with E-state index in [-0.39, 0.29) is 11.5 Å². The van der Waals surface area contributed by atoms with Crippen LogP contribution in [0.3, 0.4) is 0 Å². The average molecular weight is 489 g/mol. The molecule has 182 valence electrons. The zero-order valence-electron chi connectivity index (χ0n) is 19.4. The Labute approximate surface area is 199 Å². The van der Waals surface area contributed by atoms with Crippen LogP contribution in [0.25, 0.3) is 0 Å². The van der Waals surface area contributed by atoms with Gasteiger partial charge in [-0.05, 0) is 45.4 Å². The third-order valence-corrected chi connectivity index (χ3v) is 6.36. The van der Waals surface area contributed by atoms with E-state index in [9.17, 15) is 22.8 Å². The number of rotatable bonds is 8. The molecule has 2 amide bonds. The van der Waals surface area contributed by atoms with Crippen molar-refractivity contribution in [1.82, 2.24) is 10.6 Å². The number of hydrogen-bond acceptors (Lipinski definition) is 7. The molecule has 1 saturated heterocycles. The molecule has 3 atom stereocenters. The number of nitrogens with one attached hydrogen (secondary N) is 2. The highest BCUT2D eigenvalue weighted by Gasteiger charge is 2.44. The van der Waals surface area contributed by atoms with E-state index in [1.807, 2.05) is 6.92 Å². The lowest BCUT2D eigenvalue weighted by Crippen LogP contribution is -2.71. The van der Waals surface area contributed by atoms with Gasteiger partial charge in [0.2, 0.25) is 11.8 Å². The van der Waals surface area contributed by atoms with Crippen LogP contribution in [0, 0.1) is 6.92 Å². The van der Waals surface area contributed by atoms with Crippen LogP contribution in [-0.2, 0) is 33.4 Å². The minimum Gasteiger partial charge on any atom is -0.459 e. The fourth-order valence-electron chi connectivity index (χ4n) is 3.32. The van der Waals surface area contributed by atoms with Crippen LogP contribution in [0.15, 0.2) is 59.5 Å². The zero-order valence-corrected chi connectivity index (χ0v) is 20.2. The van der Waals surface area contributed by atoms with Crippen LogP contribution in [0.1, 0.15) is 37.8 Å². The molecule has 0 bridgehead atoms. The van der Waals surface area contributed by atoms with Crippen LogP contribution in [0.4, 0.5) is 0 Å². The van der Waals surface area contributed by atoms with E-state index in [0.717, 1.165) is 5.56 Å².